The quantitative estimate of drug-likeness (QED) is 0.269. The summed E-state index contributed by atoms with van der Waals surface area (Å²) < 4.78 is 8.45. The highest BCUT2D eigenvalue weighted by Gasteiger charge is 2.20. The molecule has 1 atom stereocenters. The van der Waals surface area contributed by atoms with Crippen LogP contribution in [-0.2, 0) is 25.9 Å². The molecule has 7 nitrogen and oxygen atoms in total. The van der Waals surface area contributed by atoms with Crippen LogP contribution in [0.3, 0.4) is 0 Å². The summed E-state index contributed by atoms with van der Waals surface area (Å²) in [7, 11) is 0. The van der Waals surface area contributed by atoms with Gasteiger partial charge >= 0.3 is 0 Å². The maximum Gasteiger partial charge on any atom is 0.191 e. The molecule has 29 heavy (non-hydrogen) atoms. The molecule has 9 heteroatoms. The van der Waals surface area contributed by atoms with E-state index in [1.807, 2.05) is 28.9 Å². The van der Waals surface area contributed by atoms with Crippen LogP contribution in [0.1, 0.15) is 23.6 Å². The van der Waals surface area contributed by atoms with Crippen molar-refractivity contribution in [2.75, 3.05) is 6.54 Å². The highest BCUT2D eigenvalue weighted by molar-refractivity contribution is 14.0. The van der Waals surface area contributed by atoms with Gasteiger partial charge in [-0.3, -0.25) is 0 Å². The van der Waals surface area contributed by atoms with Crippen molar-refractivity contribution >= 4 is 45.9 Å². The summed E-state index contributed by atoms with van der Waals surface area (Å²) in [4.78, 5) is 9.08. The van der Waals surface area contributed by atoms with Crippen molar-refractivity contribution in [3.8, 4) is 0 Å². The minimum atomic E-state index is 0. The molecule has 0 aliphatic carbocycles. The molecule has 3 heterocycles. The number of fused-ring (bicyclic) bond motifs is 1. The van der Waals surface area contributed by atoms with Crippen molar-refractivity contribution in [3.63, 3.8) is 0 Å². The maximum atomic E-state index is 5.41. The number of hydrogen-bond acceptors (Lipinski definition) is 4. The van der Waals surface area contributed by atoms with Crippen molar-refractivity contribution in [1.82, 2.24) is 25.4 Å². The topological polar surface area (TPSA) is 80.3 Å². The number of aliphatic imine (C=N–C) groups is 1. The van der Waals surface area contributed by atoms with Gasteiger partial charge in [-0.1, -0.05) is 28.1 Å². The number of guanidine groups is 1. The first kappa shape index (κ1) is 21.8. The zero-order chi connectivity index (χ0) is 19.2. The van der Waals surface area contributed by atoms with E-state index >= 15 is 0 Å². The second-order valence-corrected chi connectivity index (χ2v) is 7.70. The van der Waals surface area contributed by atoms with Gasteiger partial charge in [0.1, 0.15) is 17.9 Å². The number of furan rings is 1. The predicted octanol–water partition coefficient (Wildman–Crippen LogP) is 3.54. The van der Waals surface area contributed by atoms with Gasteiger partial charge in [0, 0.05) is 29.9 Å². The van der Waals surface area contributed by atoms with E-state index in [9.17, 15) is 0 Å². The SMILES string of the molecule is Brc1ccc(CN=C(NCCc2ccco2)NC2CCc3ncnn3C2)cc1.I. The standard InChI is InChI=1S/C20H23BrN6O.HI/c21-16-5-3-15(4-6-16)12-23-20(22-10-9-18-2-1-11-28-18)26-17-7-8-19-24-14-25-27(19)13-17;/h1-6,11,14,17H,7-10,12-13H2,(H2,22,23,26);1H. The summed E-state index contributed by atoms with van der Waals surface area (Å²) in [5, 5.41) is 11.3. The Morgan fingerprint density at radius 3 is 2.93 bits per heavy atom. The first-order valence-corrected chi connectivity index (χ1v) is 10.2. The van der Waals surface area contributed by atoms with Crippen molar-refractivity contribution in [3.05, 3.63) is 70.6 Å². The number of rotatable bonds is 6. The Morgan fingerprint density at radius 2 is 2.14 bits per heavy atom. The zero-order valence-electron chi connectivity index (χ0n) is 15.9. The Kier molecular flexibility index (Phi) is 8.10. The molecule has 0 saturated heterocycles. The van der Waals surface area contributed by atoms with Crippen molar-refractivity contribution in [2.24, 2.45) is 4.99 Å². The van der Waals surface area contributed by atoms with Gasteiger partial charge in [-0.25, -0.2) is 14.7 Å². The van der Waals surface area contributed by atoms with Gasteiger partial charge in [-0.2, -0.15) is 5.10 Å². The average Bonchev–Trinajstić information content (AvgIpc) is 3.38. The van der Waals surface area contributed by atoms with E-state index in [2.05, 4.69) is 48.8 Å². The van der Waals surface area contributed by atoms with Crippen LogP contribution in [0.4, 0.5) is 0 Å². The van der Waals surface area contributed by atoms with E-state index in [1.54, 1.807) is 12.6 Å². The summed E-state index contributed by atoms with van der Waals surface area (Å²) in [6.45, 7) is 2.16. The van der Waals surface area contributed by atoms with E-state index in [4.69, 9.17) is 9.41 Å². The summed E-state index contributed by atoms with van der Waals surface area (Å²) in [6, 6.07) is 12.4. The van der Waals surface area contributed by atoms with Crippen LogP contribution in [0.2, 0.25) is 0 Å². The zero-order valence-corrected chi connectivity index (χ0v) is 19.8. The van der Waals surface area contributed by atoms with Gasteiger partial charge in [0.15, 0.2) is 5.96 Å². The number of aryl methyl sites for hydroxylation is 1. The van der Waals surface area contributed by atoms with Gasteiger partial charge in [0.2, 0.25) is 0 Å². The van der Waals surface area contributed by atoms with Crippen LogP contribution in [0, 0.1) is 0 Å². The lowest BCUT2D eigenvalue weighted by Crippen LogP contribution is -2.47. The molecule has 2 aromatic heterocycles. The number of hydrogen-bond donors (Lipinski definition) is 2. The second-order valence-electron chi connectivity index (χ2n) is 6.79. The Bertz CT molecular complexity index is 909. The molecule has 4 rings (SSSR count). The molecule has 0 radical (unpaired) electrons. The fourth-order valence-corrected chi connectivity index (χ4v) is 3.48. The molecule has 0 fully saturated rings. The van der Waals surface area contributed by atoms with Gasteiger partial charge in [0.25, 0.3) is 0 Å². The summed E-state index contributed by atoms with van der Waals surface area (Å²) >= 11 is 3.47. The first-order chi connectivity index (χ1) is 13.8. The van der Waals surface area contributed by atoms with Gasteiger partial charge in [0.05, 0.1) is 19.4 Å². The normalized spacial score (nSPS) is 16.0. The number of nitrogens with zero attached hydrogens (tertiary/aromatic N) is 4. The van der Waals surface area contributed by atoms with Crippen LogP contribution < -0.4 is 10.6 Å². The number of halogens is 2. The molecular weight excluding hydrogens is 547 g/mol. The minimum absolute atomic E-state index is 0. The average molecular weight is 571 g/mol. The summed E-state index contributed by atoms with van der Waals surface area (Å²) in [5.41, 5.74) is 1.16. The number of aromatic nitrogens is 3. The lowest BCUT2D eigenvalue weighted by atomic mass is 10.1. The van der Waals surface area contributed by atoms with Crippen LogP contribution >= 0.6 is 39.9 Å². The van der Waals surface area contributed by atoms with Crippen molar-refractivity contribution in [1.29, 1.82) is 0 Å². The Hall–Kier alpha value is -1.88. The van der Waals surface area contributed by atoms with Crippen LogP contribution in [-0.4, -0.2) is 33.3 Å². The van der Waals surface area contributed by atoms with E-state index in [0.717, 1.165) is 59.9 Å². The predicted molar refractivity (Wildman–Crippen MR) is 126 cm³/mol. The minimum Gasteiger partial charge on any atom is -0.469 e. The molecule has 3 aromatic rings. The van der Waals surface area contributed by atoms with Crippen molar-refractivity contribution in [2.45, 2.75) is 38.4 Å². The van der Waals surface area contributed by atoms with Crippen LogP contribution in [0.25, 0.3) is 0 Å². The third kappa shape index (κ3) is 6.30. The summed E-state index contributed by atoms with van der Waals surface area (Å²) in [5.74, 6) is 2.82. The lowest BCUT2D eigenvalue weighted by molar-refractivity contribution is 0.392. The molecule has 1 aliphatic rings. The molecule has 0 spiro atoms. The van der Waals surface area contributed by atoms with E-state index < -0.39 is 0 Å². The maximum absolute atomic E-state index is 5.41. The molecule has 1 aromatic carbocycles. The molecule has 0 bridgehead atoms. The highest BCUT2D eigenvalue weighted by atomic mass is 127. The molecule has 154 valence electrons. The van der Waals surface area contributed by atoms with Crippen LogP contribution in [0.5, 0.6) is 0 Å². The van der Waals surface area contributed by atoms with Gasteiger partial charge < -0.3 is 15.1 Å². The largest absolute Gasteiger partial charge is 0.469 e. The number of benzene rings is 1. The molecule has 2 N–H and O–H groups in total. The molecule has 0 amide bonds. The molecule has 1 unspecified atom stereocenters. The fraction of sp³-hybridized carbons (Fsp3) is 0.350. The fourth-order valence-electron chi connectivity index (χ4n) is 3.22. The monoisotopic (exact) mass is 570 g/mol. The molecular formula is C20H24BrIN6O. The molecule has 0 saturated carbocycles. The lowest BCUT2D eigenvalue weighted by Gasteiger charge is -2.25. The first-order valence-electron chi connectivity index (χ1n) is 9.44. The van der Waals surface area contributed by atoms with Crippen molar-refractivity contribution < 1.29 is 4.42 Å². The van der Waals surface area contributed by atoms with Crippen LogP contribution in [0.15, 0.2) is 62.9 Å². The highest BCUT2D eigenvalue weighted by Crippen LogP contribution is 2.13. The third-order valence-electron chi connectivity index (χ3n) is 4.72. The van der Waals surface area contributed by atoms with E-state index in [-0.39, 0.29) is 30.0 Å². The second kappa shape index (κ2) is 10.8. The Balaban J connectivity index is 0.00000240. The Labute approximate surface area is 195 Å². The van der Waals surface area contributed by atoms with E-state index in [0.29, 0.717) is 6.54 Å². The van der Waals surface area contributed by atoms with Gasteiger partial charge in [-0.05, 0) is 36.2 Å². The Morgan fingerprint density at radius 1 is 1.28 bits per heavy atom. The number of nitrogens with one attached hydrogen (secondary N) is 2. The van der Waals surface area contributed by atoms with E-state index in [1.165, 1.54) is 0 Å². The molecule has 1 aliphatic heterocycles. The van der Waals surface area contributed by atoms with Gasteiger partial charge in [-0.15, -0.1) is 24.0 Å². The summed E-state index contributed by atoms with van der Waals surface area (Å²) in [6.07, 6.45) is 6.07. The smallest absolute Gasteiger partial charge is 0.191 e. The third-order valence-corrected chi connectivity index (χ3v) is 5.25.